The van der Waals surface area contributed by atoms with Crippen LogP contribution in [-0.4, -0.2) is 24.6 Å². The van der Waals surface area contributed by atoms with E-state index in [4.69, 9.17) is 16.3 Å². The van der Waals surface area contributed by atoms with Crippen LogP contribution in [0.4, 0.5) is 10.1 Å². The molecule has 19 heavy (non-hydrogen) atoms. The van der Waals surface area contributed by atoms with Gasteiger partial charge in [-0.2, -0.15) is 0 Å². The van der Waals surface area contributed by atoms with Crippen LogP contribution in [0.2, 0.25) is 5.02 Å². The van der Waals surface area contributed by atoms with Gasteiger partial charge in [-0.15, -0.1) is 0 Å². The van der Waals surface area contributed by atoms with Crippen LogP contribution in [0.25, 0.3) is 0 Å². The van der Waals surface area contributed by atoms with Crippen molar-refractivity contribution in [2.45, 2.75) is 18.9 Å². The van der Waals surface area contributed by atoms with Crippen molar-refractivity contribution in [3.8, 4) is 5.75 Å². The average Bonchev–Trinajstić information content (AvgIpc) is 2.30. The lowest BCUT2D eigenvalue weighted by molar-refractivity contribution is -0.386. The Balaban J connectivity index is 2.08. The van der Waals surface area contributed by atoms with E-state index in [0.717, 1.165) is 31.5 Å². The number of ether oxygens (including phenoxy) is 1. The molecule has 0 radical (unpaired) electrons. The molecule has 0 amide bonds. The second kappa shape index (κ2) is 5.71. The number of rotatable bonds is 5. The van der Waals surface area contributed by atoms with Crippen molar-refractivity contribution in [2.24, 2.45) is 5.92 Å². The summed E-state index contributed by atoms with van der Waals surface area (Å²) >= 11 is 5.54. The van der Waals surface area contributed by atoms with Crippen LogP contribution in [0.3, 0.4) is 0 Å². The molecule has 1 aromatic carbocycles. The zero-order valence-electron chi connectivity index (χ0n) is 10.4. The van der Waals surface area contributed by atoms with Gasteiger partial charge in [0.15, 0.2) is 5.75 Å². The molecule has 0 aromatic heterocycles. The van der Waals surface area contributed by atoms with Crippen molar-refractivity contribution in [3.63, 3.8) is 0 Å². The highest BCUT2D eigenvalue weighted by Gasteiger charge is 2.32. The Labute approximate surface area is 114 Å². The van der Waals surface area contributed by atoms with Gasteiger partial charge in [0.2, 0.25) is 0 Å². The molecule has 0 bridgehead atoms. The van der Waals surface area contributed by atoms with E-state index in [1.54, 1.807) is 0 Å². The maximum Gasteiger partial charge on any atom is 0.312 e. The van der Waals surface area contributed by atoms with Crippen molar-refractivity contribution in [3.05, 3.63) is 33.1 Å². The molecule has 0 atom stereocenters. The highest BCUT2D eigenvalue weighted by atomic mass is 35.5. The smallest absolute Gasteiger partial charge is 0.312 e. The predicted molar refractivity (Wildman–Crippen MR) is 69.1 cm³/mol. The molecule has 0 spiro atoms. The highest BCUT2D eigenvalue weighted by molar-refractivity contribution is 6.31. The van der Waals surface area contributed by atoms with E-state index in [1.807, 2.05) is 7.05 Å². The van der Waals surface area contributed by atoms with E-state index in [9.17, 15) is 14.5 Å². The summed E-state index contributed by atoms with van der Waals surface area (Å²) < 4.78 is 18.8. The molecule has 1 aliphatic carbocycles. The van der Waals surface area contributed by atoms with E-state index in [0.29, 0.717) is 5.92 Å². The van der Waals surface area contributed by atoms with Gasteiger partial charge in [-0.3, -0.25) is 10.1 Å². The van der Waals surface area contributed by atoms with Gasteiger partial charge in [-0.1, -0.05) is 11.6 Å². The minimum Gasteiger partial charge on any atom is -0.483 e. The molecule has 2 rings (SSSR count). The maximum absolute atomic E-state index is 13.3. The summed E-state index contributed by atoms with van der Waals surface area (Å²) in [5.74, 6) is -0.264. The van der Waals surface area contributed by atoms with Crippen molar-refractivity contribution in [1.82, 2.24) is 5.32 Å². The molecular weight excluding hydrogens is 275 g/mol. The van der Waals surface area contributed by atoms with E-state index in [1.165, 1.54) is 0 Å². The Hall–Kier alpha value is -1.40. The third-order valence-corrected chi connectivity index (χ3v) is 3.47. The number of nitrogens with zero attached hydrogens (tertiary/aromatic N) is 1. The van der Waals surface area contributed by atoms with Crippen LogP contribution in [-0.2, 0) is 0 Å². The van der Waals surface area contributed by atoms with Gasteiger partial charge < -0.3 is 10.1 Å². The first kappa shape index (κ1) is 14.0. The Morgan fingerprint density at radius 2 is 2.26 bits per heavy atom. The zero-order valence-corrected chi connectivity index (χ0v) is 11.1. The van der Waals surface area contributed by atoms with Gasteiger partial charge in [-0.05, 0) is 32.4 Å². The van der Waals surface area contributed by atoms with Crippen LogP contribution >= 0.6 is 11.6 Å². The molecule has 1 aromatic rings. The molecule has 5 nitrogen and oxygen atoms in total. The molecule has 104 valence electrons. The number of nitro benzene ring substituents is 1. The van der Waals surface area contributed by atoms with E-state index in [2.05, 4.69) is 5.32 Å². The Morgan fingerprint density at radius 1 is 1.58 bits per heavy atom. The largest absolute Gasteiger partial charge is 0.483 e. The number of hydrogen-bond donors (Lipinski definition) is 1. The molecule has 0 aliphatic heterocycles. The van der Waals surface area contributed by atoms with Crippen LogP contribution in [0.1, 0.15) is 12.8 Å². The summed E-state index contributed by atoms with van der Waals surface area (Å²) in [5.41, 5.74) is -0.302. The van der Waals surface area contributed by atoms with Crippen LogP contribution in [0.5, 0.6) is 5.75 Å². The van der Waals surface area contributed by atoms with Crippen molar-refractivity contribution in [1.29, 1.82) is 0 Å². The lowest BCUT2D eigenvalue weighted by Crippen LogP contribution is -2.38. The first-order valence-corrected chi connectivity index (χ1v) is 6.33. The number of hydrogen-bond acceptors (Lipinski definition) is 4. The van der Waals surface area contributed by atoms with Crippen molar-refractivity contribution in [2.75, 3.05) is 13.6 Å². The normalized spacial score (nSPS) is 21.8. The molecule has 1 fully saturated rings. The monoisotopic (exact) mass is 288 g/mol. The third-order valence-electron chi connectivity index (χ3n) is 3.18. The van der Waals surface area contributed by atoms with Gasteiger partial charge in [-0.25, -0.2) is 4.39 Å². The maximum atomic E-state index is 13.3. The van der Waals surface area contributed by atoms with Crippen LogP contribution in [0.15, 0.2) is 12.1 Å². The minimum atomic E-state index is -0.714. The number of halogens is 2. The molecule has 1 saturated carbocycles. The van der Waals surface area contributed by atoms with E-state index < -0.39 is 10.7 Å². The molecule has 0 heterocycles. The fourth-order valence-electron chi connectivity index (χ4n) is 2.16. The van der Waals surface area contributed by atoms with Crippen molar-refractivity contribution < 1.29 is 14.1 Å². The third kappa shape index (κ3) is 3.13. The summed E-state index contributed by atoms with van der Waals surface area (Å²) in [4.78, 5) is 10.3. The summed E-state index contributed by atoms with van der Waals surface area (Å²) in [7, 11) is 1.87. The second-order valence-electron chi connectivity index (χ2n) is 4.63. The average molecular weight is 289 g/mol. The van der Waals surface area contributed by atoms with Crippen LogP contribution in [0, 0.1) is 21.8 Å². The highest BCUT2D eigenvalue weighted by Crippen LogP contribution is 2.37. The first-order chi connectivity index (χ1) is 9.01. The van der Waals surface area contributed by atoms with E-state index >= 15 is 0 Å². The number of nitro groups is 1. The fraction of sp³-hybridized carbons (Fsp3) is 0.500. The Kier molecular flexibility index (Phi) is 4.21. The topological polar surface area (TPSA) is 64.4 Å². The summed E-state index contributed by atoms with van der Waals surface area (Å²) in [6.07, 6.45) is 1.52. The predicted octanol–water partition coefficient (Wildman–Crippen LogP) is 2.76. The molecular formula is C12H14ClFN2O3. The number of benzene rings is 1. The Bertz CT molecular complexity index is 492. The lowest BCUT2D eigenvalue weighted by atomic mass is 9.82. The standard InChI is InChI=1S/C12H14ClFN2O3/c1-15-6-7-2-8(3-7)19-12-5-10(14)9(13)4-11(12)16(17)18/h4-5,7-8,15H,2-3,6H2,1H3. The quantitative estimate of drug-likeness (QED) is 0.668. The number of nitrogens with one attached hydrogen (secondary N) is 1. The molecule has 1 aliphatic rings. The summed E-state index contributed by atoms with van der Waals surface area (Å²) in [6, 6.07) is 1.96. The summed E-state index contributed by atoms with van der Waals surface area (Å²) in [5, 5.41) is 13.7. The first-order valence-electron chi connectivity index (χ1n) is 5.96. The lowest BCUT2D eigenvalue weighted by Gasteiger charge is -2.35. The molecule has 0 saturated heterocycles. The molecule has 1 N–H and O–H groups in total. The fourth-order valence-corrected chi connectivity index (χ4v) is 2.32. The minimum absolute atomic E-state index is 0.0557. The SMILES string of the molecule is CNCC1CC(Oc2cc(F)c(Cl)cc2[N+](=O)[O-])C1. The van der Waals surface area contributed by atoms with Gasteiger partial charge in [0, 0.05) is 12.1 Å². The molecule has 7 heteroatoms. The van der Waals surface area contributed by atoms with Gasteiger partial charge in [0.25, 0.3) is 0 Å². The van der Waals surface area contributed by atoms with Gasteiger partial charge in [0.1, 0.15) is 5.82 Å². The summed E-state index contributed by atoms with van der Waals surface area (Å²) in [6.45, 7) is 0.886. The van der Waals surface area contributed by atoms with Gasteiger partial charge in [0.05, 0.1) is 16.0 Å². The van der Waals surface area contributed by atoms with E-state index in [-0.39, 0.29) is 22.6 Å². The van der Waals surface area contributed by atoms with Gasteiger partial charge >= 0.3 is 5.69 Å². The molecule has 0 unspecified atom stereocenters. The van der Waals surface area contributed by atoms with Crippen LogP contribution < -0.4 is 10.1 Å². The second-order valence-corrected chi connectivity index (χ2v) is 5.03. The Morgan fingerprint density at radius 3 is 2.84 bits per heavy atom. The van der Waals surface area contributed by atoms with Crippen molar-refractivity contribution >= 4 is 17.3 Å². The zero-order chi connectivity index (χ0) is 14.0.